The van der Waals surface area contributed by atoms with Crippen LogP contribution in [-0.4, -0.2) is 4.92 Å². The van der Waals surface area contributed by atoms with Crippen molar-refractivity contribution >= 4 is 22.7 Å². The van der Waals surface area contributed by atoms with Crippen LogP contribution >= 0.6 is 11.3 Å². The summed E-state index contributed by atoms with van der Waals surface area (Å²) in [5, 5.41) is 24.5. The van der Waals surface area contributed by atoms with Gasteiger partial charge in [-0.2, -0.15) is 5.26 Å². The summed E-state index contributed by atoms with van der Waals surface area (Å²) in [6.07, 6.45) is 0. The van der Waals surface area contributed by atoms with Gasteiger partial charge in [0.05, 0.1) is 10.5 Å². The fraction of sp³-hybridized carbons (Fsp3) is 0.154. The Morgan fingerprint density at radius 1 is 1.47 bits per heavy atom. The number of aryl methyl sites for hydroxylation is 1. The number of thiophene rings is 1. The van der Waals surface area contributed by atoms with Crippen LogP contribution in [0, 0.1) is 28.4 Å². The van der Waals surface area contributed by atoms with E-state index >= 15 is 0 Å². The highest BCUT2D eigenvalue weighted by Gasteiger charge is 2.13. The van der Waals surface area contributed by atoms with E-state index in [2.05, 4.69) is 11.4 Å². The quantitative estimate of drug-likeness (QED) is 0.683. The van der Waals surface area contributed by atoms with Gasteiger partial charge in [0.15, 0.2) is 0 Å². The van der Waals surface area contributed by atoms with E-state index in [4.69, 9.17) is 5.26 Å². The zero-order valence-electron chi connectivity index (χ0n) is 10.2. The smallest absolute Gasteiger partial charge is 0.292 e. The van der Waals surface area contributed by atoms with E-state index in [-0.39, 0.29) is 5.69 Å². The van der Waals surface area contributed by atoms with Crippen LogP contribution in [0.1, 0.15) is 16.0 Å². The first-order valence-electron chi connectivity index (χ1n) is 5.56. The second-order valence-corrected chi connectivity index (χ2v) is 5.04. The Bertz CT molecular complexity index is 658. The number of hydrogen-bond donors (Lipinski definition) is 1. The normalized spacial score (nSPS) is 9.89. The van der Waals surface area contributed by atoms with Crippen LogP contribution in [-0.2, 0) is 6.54 Å². The van der Waals surface area contributed by atoms with Crippen LogP contribution in [0.15, 0.2) is 29.6 Å². The molecule has 0 saturated carbocycles. The number of nitro groups is 1. The van der Waals surface area contributed by atoms with E-state index in [1.165, 1.54) is 17.4 Å². The summed E-state index contributed by atoms with van der Waals surface area (Å²) in [7, 11) is 0. The number of rotatable bonds is 4. The van der Waals surface area contributed by atoms with Crippen LogP contribution in [0.25, 0.3) is 0 Å². The maximum atomic E-state index is 10.9. The molecule has 6 heteroatoms. The maximum Gasteiger partial charge on any atom is 0.292 e. The molecular formula is C13H11N3O2S. The van der Waals surface area contributed by atoms with Gasteiger partial charge in [0.25, 0.3) is 5.69 Å². The minimum atomic E-state index is -0.406. The van der Waals surface area contributed by atoms with Gasteiger partial charge < -0.3 is 5.32 Å². The molecule has 0 radical (unpaired) electrons. The molecule has 2 aromatic rings. The summed E-state index contributed by atoms with van der Waals surface area (Å²) in [5.74, 6) is 0. The molecule has 1 N–H and O–H groups in total. The monoisotopic (exact) mass is 273 g/mol. The zero-order valence-corrected chi connectivity index (χ0v) is 11.0. The lowest BCUT2D eigenvalue weighted by atomic mass is 10.2. The van der Waals surface area contributed by atoms with Gasteiger partial charge in [-0.25, -0.2) is 0 Å². The summed E-state index contributed by atoms with van der Waals surface area (Å²) in [6, 6.07) is 8.79. The Hall–Kier alpha value is -2.39. The van der Waals surface area contributed by atoms with Crippen molar-refractivity contribution in [3.8, 4) is 6.07 Å². The van der Waals surface area contributed by atoms with Crippen molar-refractivity contribution in [2.45, 2.75) is 13.5 Å². The molecule has 0 bridgehead atoms. The Balaban J connectivity index is 2.17. The summed E-state index contributed by atoms with van der Waals surface area (Å²) >= 11 is 1.46. The molecule has 96 valence electrons. The van der Waals surface area contributed by atoms with E-state index in [1.807, 2.05) is 6.92 Å². The molecule has 0 saturated heterocycles. The highest BCUT2D eigenvalue weighted by Crippen LogP contribution is 2.26. The van der Waals surface area contributed by atoms with Crippen LogP contribution < -0.4 is 5.32 Å². The summed E-state index contributed by atoms with van der Waals surface area (Å²) in [4.78, 5) is 11.5. The van der Waals surface area contributed by atoms with E-state index in [0.29, 0.717) is 17.8 Å². The average Bonchev–Trinajstić information content (AvgIpc) is 2.84. The maximum absolute atomic E-state index is 10.9. The number of nitro benzene ring substituents is 1. The largest absolute Gasteiger partial charge is 0.375 e. The fourth-order valence-electron chi connectivity index (χ4n) is 1.66. The summed E-state index contributed by atoms with van der Waals surface area (Å²) < 4.78 is 0. The molecule has 5 nitrogen and oxygen atoms in total. The van der Waals surface area contributed by atoms with Crippen molar-refractivity contribution < 1.29 is 4.92 Å². The van der Waals surface area contributed by atoms with E-state index < -0.39 is 4.92 Å². The first kappa shape index (κ1) is 13.1. The third-order valence-electron chi connectivity index (χ3n) is 2.58. The molecule has 2 rings (SSSR count). The molecule has 0 fully saturated rings. The Kier molecular flexibility index (Phi) is 3.78. The third kappa shape index (κ3) is 3.09. The molecule has 0 amide bonds. The number of nitrogens with zero attached hydrogens (tertiary/aromatic N) is 2. The van der Waals surface area contributed by atoms with Gasteiger partial charge in [-0.1, -0.05) is 6.07 Å². The zero-order chi connectivity index (χ0) is 13.8. The highest BCUT2D eigenvalue weighted by molar-refractivity contribution is 7.10. The lowest BCUT2D eigenvalue weighted by Gasteiger charge is -2.06. The lowest BCUT2D eigenvalue weighted by Crippen LogP contribution is -2.01. The van der Waals surface area contributed by atoms with Crippen LogP contribution in [0.4, 0.5) is 11.4 Å². The van der Waals surface area contributed by atoms with E-state index in [1.54, 1.807) is 23.6 Å². The van der Waals surface area contributed by atoms with Gasteiger partial charge in [-0.05, 0) is 24.6 Å². The lowest BCUT2D eigenvalue weighted by molar-refractivity contribution is -0.384. The minimum Gasteiger partial charge on any atom is -0.375 e. The van der Waals surface area contributed by atoms with Gasteiger partial charge in [0.2, 0.25) is 0 Å². The van der Waals surface area contributed by atoms with E-state index in [0.717, 1.165) is 10.4 Å². The standard InChI is InChI=1S/C13H11N3O2S/c1-9-2-3-13(16(17)18)12(4-9)15-7-11-5-10(6-14)8-19-11/h2-5,8,15H,7H2,1H3. The SMILES string of the molecule is Cc1ccc([N+](=O)[O-])c(NCc2cc(C#N)cs2)c1. The van der Waals surface area contributed by atoms with Crippen molar-refractivity contribution in [3.05, 3.63) is 55.8 Å². The van der Waals surface area contributed by atoms with Gasteiger partial charge >= 0.3 is 0 Å². The molecule has 0 atom stereocenters. The Labute approximate surface area is 114 Å². The van der Waals surface area contributed by atoms with Gasteiger partial charge in [0, 0.05) is 22.9 Å². The van der Waals surface area contributed by atoms with Crippen molar-refractivity contribution in [1.29, 1.82) is 5.26 Å². The van der Waals surface area contributed by atoms with Crippen molar-refractivity contribution in [1.82, 2.24) is 0 Å². The third-order valence-corrected chi connectivity index (χ3v) is 3.52. The number of nitriles is 1. The predicted octanol–water partition coefficient (Wildman–Crippen LogP) is 3.45. The molecule has 0 spiro atoms. The molecule has 19 heavy (non-hydrogen) atoms. The number of benzene rings is 1. The van der Waals surface area contributed by atoms with Gasteiger partial charge in [-0.3, -0.25) is 10.1 Å². The predicted molar refractivity (Wildman–Crippen MR) is 74.2 cm³/mol. The van der Waals surface area contributed by atoms with E-state index in [9.17, 15) is 10.1 Å². The molecule has 0 unspecified atom stereocenters. The van der Waals surface area contributed by atoms with Crippen LogP contribution in [0.5, 0.6) is 0 Å². The van der Waals surface area contributed by atoms with Crippen molar-refractivity contribution in [3.63, 3.8) is 0 Å². The number of hydrogen-bond acceptors (Lipinski definition) is 5. The highest BCUT2D eigenvalue weighted by atomic mass is 32.1. The number of nitrogens with one attached hydrogen (secondary N) is 1. The van der Waals surface area contributed by atoms with Crippen LogP contribution in [0.3, 0.4) is 0 Å². The Morgan fingerprint density at radius 2 is 2.26 bits per heavy atom. The molecule has 0 aliphatic carbocycles. The fourth-order valence-corrected chi connectivity index (χ4v) is 2.41. The Morgan fingerprint density at radius 3 is 2.89 bits per heavy atom. The second kappa shape index (κ2) is 5.50. The number of anilines is 1. The van der Waals surface area contributed by atoms with Gasteiger partial charge in [-0.15, -0.1) is 11.3 Å². The van der Waals surface area contributed by atoms with Crippen LogP contribution in [0.2, 0.25) is 0 Å². The molecule has 0 aliphatic heterocycles. The summed E-state index contributed by atoms with van der Waals surface area (Å²) in [6.45, 7) is 2.35. The van der Waals surface area contributed by atoms with Gasteiger partial charge in [0.1, 0.15) is 11.8 Å². The molecule has 0 aliphatic rings. The molecular weight excluding hydrogens is 262 g/mol. The van der Waals surface area contributed by atoms with Crippen molar-refractivity contribution in [2.24, 2.45) is 0 Å². The van der Waals surface area contributed by atoms with Crippen molar-refractivity contribution in [2.75, 3.05) is 5.32 Å². The second-order valence-electron chi connectivity index (χ2n) is 4.04. The first-order chi connectivity index (χ1) is 9.10. The topological polar surface area (TPSA) is 79.0 Å². The average molecular weight is 273 g/mol. The molecule has 1 heterocycles. The minimum absolute atomic E-state index is 0.0580. The molecule has 1 aromatic heterocycles. The summed E-state index contributed by atoms with van der Waals surface area (Å²) in [5.41, 5.74) is 2.12. The molecule has 1 aromatic carbocycles. The first-order valence-corrected chi connectivity index (χ1v) is 6.44.